The zero-order chi connectivity index (χ0) is 15.8. The first-order valence-corrected chi connectivity index (χ1v) is 8.33. The van der Waals surface area contributed by atoms with E-state index in [0.717, 1.165) is 37.7 Å². The molecule has 1 aromatic heterocycles. The first-order valence-electron chi connectivity index (χ1n) is 7.51. The second-order valence-corrected chi connectivity index (χ2v) is 6.79. The van der Waals surface area contributed by atoms with E-state index in [1.807, 2.05) is 0 Å². The van der Waals surface area contributed by atoms with Crippen LogP contribution in [0.15, 0.2) is 4.99 Å². The summed E-state index contributed by atoms with van der Waals surface area (Å²) in [5, 5.41) is 7.86. The minimum atomic E-state index is 0. The van der Waals surface area contributed by atoms with Gasteiger partial charge in [-0.1, -0.05) is 0 Å². The normalized spacial score (nSPS) is 11.7. The summed E-state index contributed by atoms with van der Waals surface area (Å²) in [7, 11) is 3.94. The molecule has 0 amide bonds. The molecule has 1 heterocycles. The standard InChI is InChI=1S/C15H29N5S.HI/c1-11(2)20(6)10-9-18-15(16-5)17-8-7-14-19-12(3)13(4)21-14;/h11H,7-10H2,1-6H3,(H2,16,17,18);1H. The fourth-order valence-corrected chi connectivity index (χ4v) is 2.70. The molecule has 128 valence electrons. The molecule has 0 aromatic carbocycles. The Balaban J connectivity index is 0.00000441. The Morgan fingerprint density at radius 2 is 1.91 bits per heavy atom. The highest BCUT2D eigenvalue weighted by atomic mass is 127. The van der Waals surface area contributed by atoms with Crippen LogP contribution in [0.1, 0.15) is 29.4 Å². The molecule has 0 atom stereocenters. The van der Waals surface area contributed by atoms with Crippen LogP contribution in [0.4, 0.5) is 0 Å². The lowest BCUT2D eigenvalue weighted by Gasteiger charge is -2.21. The van der Waals surface area contributed by atoms with Crippen LogP contribution >= 0.6 is 35.3 Å². The van der Waals surface area contributed by atoms with E-state index in [4.69, 9.17) is 0 Å². The number of halogens is 1. The summed E-state index contributed by atoms with van der Waals surface area (Å²) in [6.45, 7) is 11.3. The predicted molar refractivity (Wildman–Crippen MR) is 108 cm³/mol. The number of thiazole rings is 1. The van der Waals surface area contributed by atoms with E-state index in [1.54, 1.807) is 18.4 Å². The number of aliphatic imine (C=N–C) groups is 1. The lowest BCUT2D eigenvalue weighted by Crippen LogP contribution is -2.42. The number of hydrogen-bond donors (Lipinski definition) is 2. The number of aromatic nitrogens is 1. The van der Waals surface area contributed by atoms with Gasteiger partial charge in [0.25, 0.3) is 0 Å². The van der Waals surface area contributed by atoms with E-state index in [9.17, 15) is 0 Å². The highest BCUT2D eigenvalue weighted by Gasteiger charge is 2.05. The maximum Gasteiger partial charge on any atom is 0.191 e. The van der Waals surface area contributed by atoms with Gasteiger partial charge < -0.3 is 15.5 Å². The maximum atomic E-state index is 4.55. The Morgan fingerprint density at radius 3 is 2.41 bits per heavy atom. The van der Waals surface area contributed by atoms with Gasteiger partial charge in [0.1, 0.15) is 0 Å². The van der Waals surface area contributed by atoms with Crippen molar-refractivity contribution in [1.82, 2.24) is 20.5 Å². The number of hydrogen-bond acceptors (Lipinski definition) is 4. The largest absolute Gasteiger partial charge is 0.356 e. The summed E-state index contributed by atoms with van der Waals surface area (Å²) in [6.07, 6.45) is 0.936. The van der Waals surface area contributed by atoms with Gasteiger partial charge in [0.15, 0.2) is 5.96 Å². The van der Waals surface area contributed by atoms with E-state index < -0.39 is 0 Å². The van der Waals surface area contributed by atoms with Gasteiger partial charge >= 0.3 is 0 Å². The summed E-state index contributed by atoms with van der Waals surface area (Å²) in [4.78, 5) is 12.4. The third kappa shape index (κ3) is 7.73. The molecular formula is C15H30IN5S. The van der Waals surface area contributed by atoms with E-state index in [1.165, 1.54) is 9.88 Å². The van der Waals surface area contributed by atoms with Crippen molar-refractivity contribution in [1.29, 1.82) is 0 Å². The first kappa shape index (κ1) is 21.6. The highest BCUT2D eigenvalue weighted by molar-refractivity contribution is 14.0. The van der Waals surface area contributed by atoms with Crippen molar-refractivity contribution >= 4 is 41.3 Å². The van der Waals surface area contributed by atoms with Crippen molar-refractivity contribution in [3.63, 3.8) is 0 Å². The second kappa shape index (κ2) is 11.2. The number of guanidine groups is 1. The Kier molecular flexibility index (Phi) is 11.0. The van der Waals surface area contributed by atoms with Crippen LogP contribution in [-0.2, 0) is 6.42 Å². The number of nitrogens with zero attached hydrogens (tertiary/aromatic N) is 3. The van der Waals surface area contributed by atoms with Gasteiger partial charge in [0.05, 0.1) is 10.7 Å². The van der Waals surface area contributed by atoms with Crippen LogP contribution in [0, 0.1) is 13.8 Å². The Morgan fingerprint density at radius 1 is 1.27 bits per heavy atom. The molecule has 0 fully saturated rings. The molecule has 2 N–H and O–H groups in total. The molecule has 0 spiro atoms. The van der Waals surface area contributed by atoms with E-state index >= 15 is 0 Å². The van der Waals surface area contributed by atoms with Crippen molar-refractivity contribution in [3.8, 4) is 0 Å². The van der Waals surface area contributed by atoms with Crippen LogP contribution in [0.5, 0.6) is 0 Å². The highest BCUT2D eigenvalue weighted by Crippen LogP contribution is 2.16. The van der Waals surface area contributed by atoms with Gasteiger partial charge in [-0.15, -0.1) is 35.3 Å². The molecule has 0 bridgehead atoms. The van der Waals surface area contributed by atoms with Gasteiger partial charge in [-0.2, -0.15) is 0 Å². The fourth-order valence-electron chi connectivity index (χ4n) is 1.76. The minimum Gasteiger partial charge on any atom is -0.356 e. The van der Waals surface area contributed by atoms with Crippen LogP contribution < -0.4 is 10.6 Å². The molecule has 1 aromatic rings. The third-order valence-electron chi connectivity index (χ3n) is 3.57. The van der Waals surface area contributed by atoms with Crippen molar-refractivity contribution in [2.75, 3.05) is 33.7 Å². The molecule has 22 heavy (non-hydrogen) atoms. The van der Waals surface area contributed by atoms with Crippen LogP contribution in [-0.4, -0.2) is 55.6 Å². The topological polar surface area (TPSA) is 52.6 Å². The van der Waals surface area contributed by atoms with Crippen LogP contribution in [0.2, 0.25) is 0 Å². The number of rotatable bonds is 7. The first-order chi connectivity index (χ1) is 9.93. The molecule has 0 saturated carbocycles. The second-order valence-electron chi connectivity index (χ2n) is 5.50. The van der Waals surface area contributed by atoms with Crippen molar-refractivity contribution in [3.05, 3.63) is 15.6 Å². The predicted octanol–water partition coefficient (Wildman–Crippen LogP) is 2.43. The summed E-state index contributed by atoms with van der Waals surface area (Å²) >= 11 is 1.78. The van der Waals surface area contributed by atoms with Crippen molar-refractivity contribution in [2.45, 2.75) is 40.2 Å². The maximum absolute atomic E-state index is 4.55. The molecule has 0 unspecified atom stereocenters. The number of likely N-dealkylation sites (N-methyl/N-ethyl adjacent to an activating group) is 1. The van der Waals surface area contributed by atoms with Gasteiger partial charge in [0, 0.05) is 44.0 Å². The van der Waals surface area contributed by atoms with Crippen LogP contribution in [0.3, 0.4) is 0 Å². The SMILES string of the molecule is CN=C(NCCc1nc(C)c(C)s1)NCCN(C)C(C)C.I. The Bertz CT molecular complexity index is 439. The molecule has 0 radical (unpaired) electrons. The molecule has 0 aliphatic rings. The van der Waals surface area contributed by atoms with E-state index in [0.29, 0.717) is 6.04 Å². The van der Waals surface area contributed by atoms with Gasteiger partial charge in [-0.25, -0.2) is 4.98 Å². The van der Waals surface area contributed by atoms with Crippen molar-refractivity contribution in [2.24, 2.45) is 4.99 Å². The van der Waals surface area contributed by atoms with Crippen LogP contribution in [0.25, 0.3) is 0 Å². The van der Waals surface area contributed by atoms with Gasteiger partial charge in [-0.3, -0.25) is 4.99 Å². The zero-order valence-electron chi connectivity index (χ0n) is 14.6. The lowest BCUT2D eigenvalue weighted by atomic mass is 10.3. The number of nitrogens with one attached hydrogen (secondary N) is 2. The lowest BCUT2D eigenvalue weighted by molar-refractivity contribution is 0.278. The van der Waals surface area contributed by atoms with Gasteiger partial charge in [-0.05, 0) is 34.7 Å². The zero-order valence-corrected chi connectivity index (χ0v) is 17.7. The molecule has 0 aliphatic heterocycles. The monoisotopic (exact) mass is 439 g/mol. The average molecular weight is 439 g/mol. The van der Waals surface area contributed by atoms with Crippen molar-refractivity contribution < 1.29 is 0 Å². The fraction of sp³-hybridized carbons (Fsp3) is 0.733. The van der Waals surface area contributed by atoms with Gasteiger partial charge in [0.2, 0.25) is 0 Å². The average Bonchev–Trinajstić information content (AvgIpc) is 2.75. The molecule has 0 aliphatic carbocycles. The Labute approximate surface area is 156 Å². The van der Waals surface area contributed by atoms with E-state index in [-0.39, 0.29) is 24.0 Å². The third-order valence-corrected chi connectivity index (χ3v) is 4.70. The van der Waals surface area contributed by atoms with E-state index in [2.05, 4.69) is 60.3 Å². The molecule has 7 heteroatoms. The summed E-state index contributed by atoms with van der Waals surface area (Å²) in [5.41, 5.74) is 1.15. The number of aryl methyl sites for hydroxylation is 2. The summed E-state index contributed by atoms with van der Waals surface area (Å²) < 4.78 is 0. The Hall–Kier alpha value is -0.410. The molecular weight excluding hydrogens is 409 g/mol. The molecule has 1 rings (SSSR count). The minimum absolute atomic E-state index is 0. The smallest absolute Gasteiger partial charge is 0.191 e. The molecule has 0 saturated heterocycles. The quantitative estimate of drug-likeness (QED) is 0.389. The summed E-state index contributed by atoms with van der Waals surface area (Å²) in [6, 6.07) is 0.568. The molecule has 5 nitrogen and oxygen atoms in total. The summed E-state index contributed by atoms with van der Waals surface area (Å²) in [5.74, 6) is 0.858.